The first-order valence-corrected chi connectivity index (χ1v) is 5.50. The van der Waals surface area contributed by atoms with Crippen LogP contribution in [0.3, 0.4) is 0 Å². The normalized spacial score (nSPS) is 10.2. The first-order chi connectivity index (χ1) is 8.22. The maximum absolute atomic E-state index is 11.7. The predicted octanol–water partition coefficient (Wildman–Crippen LogP) is 2.56. The van der Waals surface area contributed by atoms with Gasteiger partial charge in [-0.15, -0.1) is 0 Å². The van der Waals surface area contributed by atoms with Gasteiger partial charge in [-0.2, -0.15) is 0 Å². The number of hydrogen-bond acceptors (Lipinski definition) is 3. The maximum atomic E-state index is 11.7. The van der Waals surface area contributed by atoms with Crippen LogP contribution in [0.25, 0.3) is 11.3 Å². The van der Waals surface area contributed by atoms with E-state index in [2.05, 4.69) is 9.97 Å². The van der Waals surface area contributed by atoms with Gasteiger partial charge in [0, 0.05) is 18.0 Å². The van der Waals surface area contributed by atoms with Crippen molar-refractivity contribution in [1.82, 2.24) is 9.97 Å². The molecule has 0 aliphatic heterocycles. The number of ether oxygens (including phenoxy) is 1. The lowest BCUT2D eigenvalue weighted by Crippen LogP contribution is -2.06. The van der Waals surface area contributed by atoms with Crippen LogP contribution in [0, 0.1) is 6.92 Å². The van der Waals surface area contributed by atoms with Crippen LogP contribution < -0.4 is 0 Å². The van der Waals surface area contributed by atoms with Crippen molar-refractivity contribution in [3.05, 3.63) is 41.9 Å². The van der Waals surface area contributed by atoms with Crippen LogP contribution in [0.1, 0.15) is 23.0 Å². The second-order valence-electron chi connectivity index (χ2n) is 3.71. The van der Waals surface area contributed by atoms with E-state index in [1.54, 1.807) is 19.3 Å². The molecule has 0 fully saturated rings. The van der Waals surface area contributed by atoms with Gasteiger partial charge in [0.1, 0.15) is 5.69 Å². The van der Waals surface area contributed by atoms with Crippen molar-refractivity contribution in [2.75, 3.05) is 6.61 Å². The molecule has 4 heteroatoms. The molecule has 4 nitrogen and oxygen atoms in total. The van der Waals surface area contributed by atoms with Crippen molar-refractivity contribution < 1.29 is 9.53 Å². The van der Waals surface area contributed by atoms with E-state index in [1.807, 2.05) is 25.1 Å². The second-order valence-corrected chi connectivity index (χ2v) is 3.71. The zero-order valence-corrected chi connectivity index (χ0v) is 9.86. The third-order valence-electron chi connectivity index (χ3n) is 2.42. The minimum Gasteiger partial charge on any atom is -0.461 e. The van der Waals surface area contributed by atoms with Gasteiger partial charge in [0.2, 0.25) is 0 Å². The molecule has 0 aliphatic carbocycles. The van der Waals surface area contributed by atoms with E-state index in [0.29, 0.717) is 12.3 Å². The average molecular weight is 230 g/mol. The van der Waals surface area contributed by atoms with Gasteiger partial charge < -0.3 is 9.72 Å². The first kappa shape index (κ1) is 11.4. The van der Waals surface area contributed by atoms with Gasteiger partial charge in [-0.3, -0.25) is 4.98 Å². The topological polar surface area (TPSA) is 55.0 Å². The van der Waals surface area contributed by atoms with Gasteiger partial charge in [0.15, 0.2) is 0 Å². The molecular weight excluding hydrogens is 216 g/mol. The number of nitrogens with one attached hydrogen (secondary N) is 1. The van der Waals surface area contributed by atoms with Crippen LogP contribution >= 0.6 is 0 Å². The van der Waals surface area contributed by atoms with Crippen LogP contribution in [0.15, 0.2) is 30.6 Å². The largest absolute Gasteiger partial charge is 0.461 e. The number of carbonyl (C=O) groups excluding carboxylic acids is 1. The Bertz CT molecular complexity index is 532. The number of nitrogens with zero attached hydrogens (tertiary/aromatic N) is 1. The molecule has 2 aromatic heterocycles. The predicted molar refractivity (Wildman–Crippen MR) is 64.7 cm³/mol. The summed E-state index contributed by atoms with van der Waals surface area (Å²) in [5, 5.41) is 0. The highest BCUT2D eigenvalue weighted by Gasteiger charge is 2.15. The van der Waals surface area contributed by atoms with Crippen LogP contribution in [-0.2, 0) is 4.74 Å². The highest BCUT2D eigenvalue weighted by molar-refractivity contribution is 5.95. The monoisotopic (exact) mass is 230 g/mol. The molecule has 0 radical (unpaired) electrons. The molecule has 0 unspecified atom stereocenters. The minimum atomic E-state index is -0.351. The van der Waals surface area contributed by atoms with Gasteiger partial charge in [-0.25, -0.2) is 4.79 Å². The molecule has 17 heavy (non-hydrogen) atoms. The van der Waals surface area contributed by atoms with E-state index in [-0.39, 0.29) is 5.97 Å². The highest BCUT2D eigenvalue weighted by Crippen LogP contribution is 2.22. The summed E-state index contributed by atoms with van der Waals surface area (Å²) in [5.74, 6) is -0.351. The van der Waals surface area contributed by atoms with Crippen LogP contribution in [-0.4, -0.2) is 22.5 Å². The third kappa shape index (κ3) is 2.36. The number of pyridine rings is 1. The summed E-state index contributed by atoms with van der Waals surface area (Å²) in [7, 11) is 0. The standard InChI is InChI=1S/C13H14N2O2/c1-3-17-13(16)12-10(5-7-15-12)11-8-9(2)4-6-14-11/h4-8,15H,3H2,1-2H3. The average Bonchev–Trinajstić information content (AvgIpc) is 2.78. The fourth-order valence-corrected chi connectivity index (χ4v) is 1.64. The summed E-state index contributed by atoms with van der Waals surface area (Å²) < 4.78 is 4.98. The van der Waals surface area contributed by atoms with Gasteiger partial charge in [-0.05, 0) is 37.6 Å². The summed E-state index contributed by atoms with van der Waals surface area (Å²) in [6, 6.07) is 5.68. The van der Waals surface area contributed by atoms with E-state index in [9.17, 15) is 4.79 Å². The summed E-state index contributed by atoms with van der Waals surface area (Å²) in [6.07, 6.45) is 3.44. The van der Waals surface area contributed by atoms with Crippen molar-refractivity contribution >= 4 is 5.97 Å². The van der Waals surface area contributed by atoms with Crippen LogP contribution in [0.4, 0.5) is 0 Å². The summed E-state index contributed by atoms with van der Waals surface area (Å²) in [5.41, 5.74) is 3.09. The van der Waals surface area contributed by atoms with Crippen molar-refractivity contribution in [2.45, 2.75) is 13.8 Å². The minimum absolute atomic E-state index is 0.351. The molecule has 1 N–H and O–H groups in total. The molecule has 0 saturated heterocycles. The van der Waals surface area contributed by atoms with E-state index in [4.69, 9.17) is 4.74 Å². The number of aromatic nitrogens is 2. The number of aromatic amines is 1. The first-order valence-electron chi connectivity index (χ1n) is 5.50. The molecule has 0 aliphatic rings. The fourth-order valence-electron chi connectivity index (χ4n) is 1.64. The van der Waals surface area contributed by atoms with Gasteiger partial charge in [-0.1, -0.05) is 0 Å². The Labute approximate surface area is 99.7 Å². The fraction of sp³-hybridized carbons (Fsp3) is 0.231. The molecule has 0 saturated carbocycles. The lowest BCUT2D eigenvalue weighted by atomic mass is 10.1. The van der Waals surface area contributed by atoms with Crippen LogP contribution in [0.5, 0.6) is 0 Å². The third-order valence-corrected chi connectivity index (χ3v) is 2.42. The van der Waals surface area contributed by atoms with Crippen molar-refractivity contribution in [2.24, 2.45) is 0 Å². The Morgan fingerprint density at radius 3 is 3.00 bits per heavy atom. The SMILES string of the molecule is CCOC(=O)c1[nH]ccc1-c1cc(C)ccn1. The molecular formula is C13H14N2O2. The second kappa shape index (κ2) is 4.82. The van der Waals surface area contributed by atoms with Crippen molar-refractivity contribution in [1.29, 1.82) is 0 Å². The lowest BCUT2D eigenvalue weighted by molar-refractivity contribution is 0.0521. The molecule has 88 valence electrons. The molecule has 0 atom stereocenters. The Balaban J connectivity index is 2.40. The van der Waals surface area contributed by atoms with E-state index in [0.717, 1.165) is 16.8 Å². The Morgan fingerprint density at radius 2 is 2.29 bits per heavy atom. The molecule has 2 heterocycles. The smallest absolute Gasteiger partial charge is 0.355 e. The van der Waals surface area contributed by atoms with E-state index >= 15 is 0 Å². The van der Waals surface area contributed by atoms with Crippen molar-refractivity contribution in [3.8, 4) is 11.3 Å². The number of rotatable bonds is 3. The van der Waals surface area contributed by atoms with Gasteiger partial charge >= 0.3 is 5.97 Å². The molecule has 0 spiro atoms. The van der Waals surface area contributed by atoms with E-state index in [1.165, 1.54) is 0 Å². The number of H-pyrrole nitrogens is 1. The van der Waals surface area contributed by atoms with Gasteiger partial charge in [0.25, 0.3) is 0 Å². The highest BCUT2D eigenvalue weighted by atomic mass is 16.5. The van der Waals surface area contributed by atoms with Gasteiger partial charge in [0.05, 0.1) is 12.3 Å². The Morgan fingerprint density at radius 1 is 1.47 bits per heavy atom. The Kier molecular flexibility index (Phi) is 3.23. The Hall–Kier alpha value is -2.10. The number of hydrogen-bond donors (Lipinski definition) is 1. The molecule has 2 rings (SSSR count). The van der Waals surface area contributed by atoms with E-state index < -0.39 is 0 Å². The maximum Gasteiger partial charge on any atom is 0.355 e. The summed E-state index contributed by atoms with van der Waals surface area (Å²) in [4.78, 5) is 18.9. The number of aryl methyl sites for hydroxylation is 1. The lowest BCUT2D eigenvalue weighted by Gasteiger charge is -2.04. The summed E-state index contributed by atoms with van der Waals surface area (Å²) >= 11 is 0. The molecule has 0 aromatic carbocycles. The quantitative estimate of drug-likeness (QED) is 0.824. The zero-order chi connectivity index (χ0) is 12.3. The zero-order valence-electron chi connectivity index (χ0n) is 9.86. The molecule has 0 bridgehead atoms. The number of esters is 1. The molecule has 2 aromatic rings. The summed E-state index contributed by atoms with van der Waals surface area (Å²) in [6.45, 7) is 4.13. The molecule has 0 amide bonds. The number of carbonyl (C=O) groups is 1. The van der Waals surface area contributed by atoms with Crippen molar-refractivity contribution in [3.63, 3.8) is 0 Å². The van der Waals surface area contributed by atoms with Crippen LogP contribution in [0.2, 0.25) is 0 Å².